The minimum Gasteiger partial charge on any atom is -0.493 e. The van der Waals surface area contributed by atoms with E-state index < -0.39 is 0 Å². The van der Waals surface area contributed by atoms with Gasteiger partial charge in [-0.1, -0.05) is 43.7 Å². The second-order valence-corrected chi connectivity index (χ2v) is 11.6. The number of methoxy groups -OCH3 is 6. The summed E-state index contributed by atoms with van der Waals surface area (Å²) in [5.41, 5.74) is 3.59. The molecule has 0 bridgehead atoms. The number of unbranched alkanes of at least 4 members (excludes halogenated alkanes) is 7. The molecule has 3 aromatic carbocycles. The number of ether oxygens (including phenoxy) is 8. The molecule has 261 valence electrons. The zero-order chi connectivity index (χ0) is 34.3. The third-order valence-corrected chi connectivity index (χ3v) is 8.28. The van der Waals surface area contributed by atoms with Crippen molar-refractivity contribution in [1.29, 1.82) is 0 Å². The quantitative estimate of drug-likeness (QED) is 0.104. The molecule has 0 saturated carbocycles. The molecule has 0 saturated heterocycles. The Morgan fingerprint density at radius 1 is 0.625 bits per heavy atom. The molecule has 1 heterocycles. The second-order valence-electron chi connectivity index (χ2n) is 11.6. The van der Waals surface area contributed by atoms with Crippen molar-refractivity contribution in [3.63, 3.8) is 0 Å². The lowest BCUT2D eigenvalue weighted by Gasteiger charge is -2.18. The molecule has 10 nitrogen and oxygen atoms in total. The Morgan fingerprint density at radius 2 is 1.17 bits per heavy atom. The van der Waals surface area contributed by atoms with Crippen LogP contribution in [0.4, 0.5) is 0 Å². The van der Waals surface area contributed by atoms with Crippen molar-refractivity contribution in [2.24, 2.45) is 5.16 Å². The Bertz CT molecular complexity index is 1440. The molecular formula is C38H50NO9. The van der Waals surface area contributed by atoms with Gasteiger partial charge in [-0.25, -0.2) is 0 Å². The number of aryl methyl sites for hydroxylation is 1. The highest BCUT2D eigenvalue weighted by molar-refractivity contribution is 6.02. The van der Waals surface area contributed by atoms with Gasteiger partial charge in [0.25, 0.3) is 0 Å². The molecule has 1 unspecified atom stereocenters. The van der Waals surface area contributed by atoms with Crippen molar-refractivity contribution < 1.29 is 42.7 Å². The Morgan fingerprint density at radius 3 is 1.71 bits per heavy atom. The number of rotatable bonds is 21. The number of benzene rings is 3. The lowest BCUT2D eigenvalue weighted by atomic mass is 9.99. The average Bonchev–Trinajstić information content (AvgIpc) is 3.62. The third kappa shape index (κ3) is 9.55. The third-order valence-electron chi connectivity index (χ3n) is 8.28. The van der Waals surface area contributed by atoms with Crippen LogP contribution in [0.25, 0.3) is 0 Å². The van der Waals surface area contributed by atoms with Crippen LogP contribution in [-0.2, 0) is 4.84 Å². The Hall–Kier alpha value is -4.47. The van der Waals surface area contributed by atoms with Crippen LogP contribution in [0.1, 0.15) is 80.6 Å². The molecule has 3 aromatic rings. The van der Waals surface area contributed by atoms with Gasteiger partial charge >= 0.3 is 0 Å². The Labute approximate surface area is 285 Å². The monoisotopic (exact) mass is 664 g/mol. The van der Waals surface area contributed by atoms with Gasteiger partial charge in [0, 0.05) is 23.6 Å². The summed E-state index contributed by atoms with van der Waals surface area (Å²) in [6.07, 6.45) is 9.28. The van der Waals surface area contributed by atoms with Crippen LogP contribution < -0.4 is 37.9 Å². The fourth-order valence-corrected chi connectivity index (χ4v) is 5.66. The molecule has 0 aliphatic carbocycles. The highest BCUT2D eigenvalue weighted by Gasteiger charge is 2.28. The zero-order valence-electron chi connectivity index (χ0n) is 29.4. The van der Waals surface area contributed by atoms with Gasteiger partial charge in [-0.2, -0.15) is 0 Å². The number of hydrogen-bond donors (Lipinski definition) is 0. The molecule has 1 aliphatic rings. The van der Waals surface area contributed by atoms with E-state index in [0.717, 1.165) is 53.8 Å². The largest absolute Gasteiger partial charge is 0.493 e. The number of hydrogen-bond acceptors (Lipinski definition) is 10. The van der Waals surface area contributed by atoms with E-state index in [9.17, 15) is 0 Å². The number of oxime groups is 1. The van der Waals surface area contributed by atoms with E-state index in [-0.39, 0.29) is 6.10 Å². The summed E-state index contributed by atoms with van der Waals surface area (Å²) >= 11 is 0. The first-order valence-corrected chi connectivity index (χ1v) is 16.6. The molecule has 0 aromatic heterocycles. The average molecular weight is 665 g/mol. The predicted octanol–water partition coefficient (Wildman–Crippen LogP) is 8.29. The summed E-state index contributed by atoms with van der Waals surface area (Å²) in [6, 6.07) is 14.6. The molecule has 0 amide bonds. The molecule has 1 atom stereocenters. The van der Waals surface area contributed by atoms with Gasteiger partial charge < -0.3 is 42.7 Å². The molecule has 0 fully saturated rings. The minimum atomic E-state index is -0.321. The van der Waals surface area contributed by atoms with E-state index in [1.807, 2.05) is 43.3 Å². The van der Waals surface area contributed by atoms with Gasteiger partial charge in [0.15, 0.2) is 40.6 Å². The van der Waals surface area contributed by atoms with Crippen molar-refractivity contribution in [2.45, 2.75) is 70.8 Å². The van der Waals surface area contributed by atoms with Crippen molar-refractivity contribution in [3.05, 3.63) is 59.2 Å². The predicted molar refractivity (Wildman–Crippen MR) is 185 cm³/mol. The molecule has 10 heteroatoms. The highest BCUT2D eigenvalue weighted by atomic mass is 16.6. The van der Waals surface area contributed by atoms with Gasteiger partial charge in [-0.05, 0) is 61.7 Å². The lowest BCUT2D eigenvalue weighted by Crippen LogP contribution is -2.06. The lowest BCUT2D eigenvalue weighted by molar-refractivity contribution is 0.0852. The Balaban J connectivity index is 1.18. The fraction of sp³-hybridized carbons (Fsp3) is 0.500. The molecule has 0 N–H and O–H groups in total. The van der Waals surface area contributed by atoms with Crippen molar-refractivity contribution in [1.82, 2.24) is 0 Å². The van der Waals surface area contributed by atoms with E-state index in [1.165, 1.54) is 25.7 Å². The van der Waals surface area contributed by atoms with E-state index in [2.05, 4.69) is 11.2 Å². The maximum absolute atomic E-state index is 6.18. The van der Waals surface area contributed by atoms with Crippen molar-refractivity contribution in [2.75, 3.05) is 55.9 Å². The normalized spacial score (nSPS) is 13.7. The topological polar surface area (TPSA) is 95.4 Å². The summed E-state index contributed by atoms with van der Waals surface area (Å²) in [5.74, 6) is 4.85. The van der Waals surface area contributed by atoms with Crippen molar-refractivity contribution >= 4 is 5.71 Å². The zero-order valence-corrected chi connectivity index (χ0v) is 29.4. The first-order valence-electron chi connectivity index (χ1n) is 16.6. The van der Waals surface area contributed by atoms with Gasteiger partial charge in [-0.3, -0.25) is 0 Å². The van der Waals surface area contributed by atoms with Crippen LogP contribution in [0, 0.1) is 13.0 Å². The summed E-state index contributed by atoms with van der Waals surface area (Å²) in [5, 5.41) is 4.37. The van der Waals surface area contributed by atoms with E-state index in [1.54, 1.807) is 42.7 Å². The maximum Gasteiger partial charge on any atom is 0.203 e. The van der Waals surface area contributed by atoms with Crippen LogP contribution in [0.3, 0.4) is 0 Å². The fourth-order valence-electron chi connectivity index (χ4n) is 5.66. The van der Waals surface area contributed by atoms with Gasteiger partial charge in [-0.15, -0.1) is 0 Å². The minimum absolute atomic E-state index is 0.321. The Kier molecular flexibility index (Phi) is 14.2. The molecule has 1 aliphatic heterocycles. The summed E-state index contributed by atoms with van der Waals surface area (Å²) in [7, 11) is 9.65. The standard InChI is InChI=1S/C38H50NO9/c1-26-16-17-30(40-2)32(20-26)46-18-14-12-10-8-9-11-13-15-19-47-38-35(43-5)23-28(24-36(38)44-6)31-25-29(39-48-31)27-21-33(41-3)37(45-7)34(22-27)42-4/h16,20-24,31H,8-15,18-19,25H2,1-7H3. The highest BCUT2D eigenvalue weighted by Crippen LogP contribution is 2.44. The molecule has 0 spiro atoms. The van der Waals surface area contributed by atoms with E-state index in [4.69, 9.17) is 42.7 Å². The van der Waals surface area contributed by atoms with E-state index >= 15 is 0 Å². The van der Waals surface area contributed by atoms with Crippen LogP contribution in [0.2, 0.25) is 0 Å². The van der Waals surface area contributed by atoms with Crippen LogP contribution >= 0.6 is 0 Å². The first-order chi connectivity index (χ1) is 23.5. The van der Waals surface area contributed by atoms with Crippen LogP contribution in [0.15, 0.2) is 41.6 Å². The van der Waals surface area contributed by atoms with Gasteiger partial charge in [0.1, 0.15) is 0 Å². The SMILES string of the molecule is COc1[c]cc(C)cc1OCCCCCCCCCCOc1c(OC)cc(C2CC(c3cc(OC)c(OC)c(OC)c3)=NO2)cc1OC. The van der Waals surface area contributed by atoms with E-state index in [0.29, 0.717) is 59.9 Å². The molecular weight excluding hydrogens is 614 g/mol. The molecule has 4 rings (SSSR count). The molecule has 1 radical (unpaired) electrons. The van der Waals surface area contributed by atoms with Gasteiger partial charge in [0.2, 0.25) is 11.5 Å². The van der Waals surface area contributed by atoms with Crippen LogP contribution in [-0.4, -0.2) is 61.6 Å². The second kappa shape index (κ2) is 18.8. The maximum atomic E-state index is 6.18. The molecule has 48 heavy (non-hydrogen) atoms. The smallest absolute Gasteiger partial charge is 0.203 e. The summed E-state index contributed by atoms with van der Waals surface area (Å²) in [6.45, 7) is 3.30. The van der Waals surface area contributed by atoms with Crippen LogP contribution in [0.5, 0.6) is 46.0 Å². The first kappa shape index (κ1) is 36.4. The summed E-state index contributed by atoms with van der Waals surface area (Å²) < 4.78 is 45.3. The van der Waals surface area contributed by atoms with Gasteiger partial charge in [0.05, 0.1) is 61.6 Å². The summed E-state index contributed by atoms with van der Waals surface area (Å²) in [4.78, 5) is 5.86. The van der Waals surface area contributed by atoms with Crippen molar-refractivity contribution in [3.8, 4) is 46.0 Å². The number of nitrogens with zero attached hydrogens (tertiary/aromatic N) is 1.